The van der Waals surface area contributed by atoms with Crippen molar-refractivity contribution in [1.29, 1.82) is 0 Å². The maximum atomic E-state index is 13.2. The molecule has 2 aromatic carbocycles. The van der Waals surface area contributed by atoms with Crippen molar-refractivity contribution in [1.82, 2.24) is 30.0 Å². The number of nitrogens with zero attached hydrogens (tertiary/aromatic N) is 5. The lowest BCUT2D eigenvalue weighted by Gasteiger charge is -2.35. The first-order valence-corrected chi connectivity index (χ1v) is 12.1. The van der Waals surface area contributed by atoms with E-state index in [1.807, 2.05) is 66.9 Å². The summed E-state index contributed by atoms with van der Waals surface area (Å²) >= 11 is 6.19. The van der Waals surface area contributed by atoms with Gasteiger partial charge in [-0.05, 0) is 57.0 Å². The maximum Gasteiger partial charge on any atom is 0.336 e. The second kappa shape index (κ2) is 9.89. The minimum absolute atomic E-state index is 0.254. The summed E-state index contributed by atoms with van der Waals surface area (Å²) in [7, 11) is 0. The predicted molar refractivity (Wildman–Crippen MR) is 138 cm³/mol. The minimum atomic E-state index is -0.348. The average molecular weight is 491 g/mol. The Morgan fingerprint density at radius 2 is 2.00 bits per heavy atom. The number of aryl methyl sites for hydroxylation is 2. The third-order valence-corrected chi connectivity index (χ3v) is 6.21. The van der Waals surface area contributed by atoms with E-state index in [0.29, 0.717) is 40.9 Å². The first kappa shape index (κ1) is 23.1. The molecule has 2 amide bonds. The van der Waals surface area contributed by atoms with E-state index in [2.05, 4.69) is 21.0 Å². The molecule has 0 aliphatic carbocycles. The number of anilines is 3. The highest BCUT2D eigenvalue weighted by Crippen LogP contribution is 2.31. The highest BCUT2D eigenvalue weighted by molar-refractivity contribution is 6.30. The van der Waals surface area contributed by atoms with Gasteiger partial charge in [0.2, 0.25) is 0 Å². The normalized spacial score (nSPS) is 15.9. The first-order valence-electron chi connectivity index (χ1n) is 11.7. The highest BCUT2D eigenvalue weighted by atomic mass is 35.5. The summed E-state index contributed by atoms with van der Waals surface area (Å²) in [5.74, 6) is 1.12. The molecule has 1 fully saturated rings. The fraction of sp³-hybridized carbons (Fsp3) is 0.280. The summed E-state index contributed by atoms with van der Waals surface area (Å²) < 4.78 is 1.97. The van der Waals surface area contributed by atoms with Crippen LogP contribution >= 0.6 is 11.6 Å². The number of hydrogen-bond donors (Lipinski definition) is 3. The van der Waals surface area contributed by atoms with Gasteiger partial charge in [0, 0.05) is 29.5 Å². The van der Waals surface area contributed by atoms with E-state index >= 15 is 0 Å². The van der Waals surface area contributed by atoms with Crippen LogP contribution in [0.5, 0.6) is 0 Å². The van der Waals surface area contributed by atoms with Gasteiger partial charge in [0.15, 0.2) is 22.8 Å². The van der Waals surface area contributed by atoms with Crippen molar-refractivity contribution in [3.63, 3.8) is 0 Å². The molecule has 4 aromatic rings. The van der Waals surface area contributed by atoms with Gasteiger partial charge < -0.3 is 15.2 Å². The van der Waals surface area contributed by atoms with Crippen LogP contribution in [0.2, 0.25) is 5.02 Å². The molecule has 9 nitrogen and oxygen atoms in total. The van der Waals surface area contributed by atoms with E-state index in [1.54, 1.807) is 11.3 Å². The number of hydrogen-bond acceptors (Lipinski definition) is 6. The molecular weight excluding hydrogens is 464 g/mol. The van der Waals surface area contributed by atoms with Crippen LogP contribution < -0.4 is 16.1 Å². The largest absolute Gasteiger partial charge is 0.338 e. The Bertz CT molecular complexity index is 1350. The standard InChI is InChI=1S/C25H27ClN8O/c1-3-33-15-27-21-23(29-19-7-4-6-17(26)14-19)31-22(32-24(21)33)20-8-5-13-28-34(20)25(35)30-18-11-9-16(2)10-12-18/h4,6-7,9-12,14-15,20,28H,3,5,8,13H2,1-2H3,(H,30,35)(H,29,31,32). The molecule has 1 saturated heterocycles. The van der Waals surface area contributed by atoms with E-state index in [1.165, 1.54) is 0 Å². The molecule has 35 heavy (non-hydrogen) atoms. The molecule has 2 aromatic heterocycles. The Hall–Kier alpha value is -3.69. The summed E-state index contributed by atoms with van der Waals surface area (Å²) in [4.78, 5) is 27.5. The number of imidazole rings is 1. The first-order chi connectivity index (χ1) is 17.0. The van der Waals surface area contributed by atoms with Crippen LogP contribution in [0, 0.1) is 6.92 Å². The number of nitrogens with one attached hydrogen (secondary N) is 3. The van der Waals surface area contributed by atoms with Gasteiger partial charge in [0.1, 0.15) is 6.04 Å². The van der Waals surface area contributed by atoms with Crippen LogP contribution in [-0.2, 0) is 6.54 Å². The van der Waals surface area contributed by atoms with E-state index in [9.17, 15) is 4.79 Å². The number of urea groups is 1. The SMILES string of the molecule is CCn1cnc2c(Nc3cccc(Cl)c3)nc(C3CCCNN3C(=O)Nc3ccc(C)cc3)nc21. The van der Waals surface area contributed by atoms with Gasteiger partial charge in [-0.2, -0.15) is 0 Å². The second-order valence-corrected chi connectivity index (χ2v) is 8.94. The molecule has 3 heterocycles. The van der Waals surface area contributed by atoms with Crippen LogP contribution in [0.15, 0.2) is 54.9 Å². The molecule has 1 unspecified atom stereocenters. The molecule has 1 atom stereocenters. The second-order valence-electron chi connectivity index (χ2n) is 8.50. The van der Waals surface area contributed by atoms with E-state index in [-0.39, 0.29) is 12.1 Å². The zero-order valence-electron chi connectivity index (χ0n) is 19.6. The van der Waals surface area contributed by atoms with Gasteiger partial charge in [-0.3, -0.25) is 0 Å². The van der Waals surface area contributed by atoms with Gasteiger partial charge in [-0.1, -0.05) is 35.4 Å². The number of halogens is 1. The zero-order valence-corrected chi connectivity index (χ0v) is 20.4. The Labute approximate surface area is 208 Å². The van der Waals surface area contributed by atoms with Crippen molar-refractivity contribution in [2.24, 2.45) is 0 Å². The number of rotatable bonds is 5. The van der Waals surface area contributed by atoms with Crippen LogP contribution in [-0.4, -0.2) is 37.1 Å². The Morgan fingerprint density at radius 1 is 1.17 bits per heavy atom. The average Bonchev–Trinajstić information content (AvgIpc) is 3.29. The molecule has 3 N–H and O–H groups in total. The van der Waals surface area contributed by atoms with E-state index < -0.39 is 0 Å². The summed E-state index contributed by atoms with van der Waals surface area (Å²) in [6, 6.07) is 14.5. The lowest BCUT2D eigenvalue weighted by atomic mass is 10.1. The molecule has 10 heteroatoms. The molecule has 0 spiro atoms. The number of amides is 2. The molecular formula is C25H27ClN8O. The van der Waals surface area contributed by atoms with Crippen molar-refractivity contribution in [3.8, 4) is 0 Å². The van der Waals surface area contributed by atoms with Gasteiger partial charge >= 0.3 is 6.03 Å². The van der Waals surface area contributed by atoms with Crippen molar-refractivity contribution in [2.45, 2.75) is 39.3 Å². The van der Waals surface area contributed by atoms with Gasteiger partial charge in [-0.15, -0.1) is 0 Å². The molecule has 0 saturated carbocycles. The molecule has 5 rings (SSSR count). The highest BCUT2D eigenvalue weighted by Gasteiger charge is 2.31. The monoisotopic (exact) mass is 490 g/mol. The Balaban J connectivity index is 1.51. The van der Waals surface area contributed by atoms with Gasteiger partial charge in [0.25, 0.3) is 0 Å². The zero-order chi connectivity index (χ0) is 24.4. The fourth-order valence-electron chi connectivity index (χ4n) is 4.14. The van der Waals surface area contributed by atoms with E-state index in [4.69, 9.17) is 21.6 Å². The third kappa shape index (κ3) is 4.91. The van der Waals surface area contributed by atoms with Crippen molar-refractivity contribution >= 4 is 46.0 Å². The van der Waals surface area contributed by atoms with E-state index in [0.717, 1.165) is 29.8 Å². The van der Waals surface area contributed by atoms with Crippen LogP contribution in [0.1, 0.15) is 37.2 Å². The number of aromatic nitrogens is 4. The topological polar surface area (TPSA) is 100 Å². The smallest absolute Gasteiger partial charge is 0.336 e. The number of benzene rings is 2. The fourth-order valence-corrected chi connectivity index (χ4v) is 4.33. The molecule has 0 radical (unpaired) electrons. The molecule has 1 aliphatic rings. The number of hydrazine groups is 1. The maximum absolute atomic E-state index is 13.2. The van der Waals surface area contributed by atoms with Crippen molar-refractivity contribution < 1.29 is 4.79 Å². The third-order valence-electron chi connectivity index (χ3n) is 5.98. The summed E-state index contributed by atoms with van der Waals surface area (Å²) in [5.41, 5.74) is 7.26. The summed E-state index contributed by atoms with van der Waals surface area (Å²) in [5, 5.41) is 8.54. The molecule has 0 bridgehead atoms. The number of carbonyl (C=O) groups is 1. The van der Waals surface area contributed by atoms with Crippen LogP contribution in [0.25, 0.3) is 11.2 Å². The van der Waals surface area contributed by atoms with Gasteiger partial charge in [-0.25, -0.2) is 30.2 Å². The lowest BCUT2D eigenvalue weighted by Crippen LogP contribution is -2.51. The Kier molecular flexibility index (Phi) is 6.52. The minimum Gasteiger partial charge on any atom is -0.338 e. The van der Waals surface area contributed by atoms with Crippen molar-refractivity contribution in [3.05, 3.63) is 71.3 Å². The lowest BCUT2D eigenvalue weighted by molar-refractivity contribution is 0.115. The summed E-state index contributed by atoms with van der Waals surface area (Å²) in [6.07, 6.45) is 3.38. The van der Waals surface area contributed by atoms with Crippen LogP contribution in [0.4, 0.5) is 22.0 Å². The molecule has 180 valence electrons. The number of carbonyl (C=O) groups excluding carboxylic acids is 1. The van der Waals surface area contributed by atoms with Gasteiger partial charge in [0.05, 0.1) is 6.33 Å². The summed E-state index contributed by atoms with van der Waals surface area (Å²) in [6.45, 7) is 5.46. The Morgan fingerprint density at radius 3 is 2.77 bits per heavy atom. The number of fused-ring (bicyclic) bond motifs is 1. The van der Waals surface area contributed by atoms with Crippen molar-refractivity contribution in [2.75, 3.05) is 17.2 Å². The predicted octanol–water partition coefficient (Wildman–Crippen LogP) is 5.43. The van der Waals surface area contributed by atoms with Crippen LogP contribution in [0.3, 0.4) is 0 Å². The molecule has 1 aliphatic heterocycles. The quantitative estimate of drug-likeness (QED) is 0.345.